The summed E-state index contributed by atoms with van der Waals surface area (Å²) in [4.78, 5) is 25.7. The van der Waals surface area contributed by atoms with Gasteiger partial charge >= 0.3 is 6.09 Å². The summed E-state index contributed by atoms with van der Waals surface area (Å²) < 4.78 is 38.6. The first kappa shape index (κ1) is 22.1. The Balaban J connectivity index is 1.39. The minimum absolute atomic E-state index is 0.121. The van der Waals surface area contributed by atoms with Gasteiger partial charge in [0.25, 0.3) is 0 Å². The number of anilines is 1. The second-order valence-corrected chi connectivity index (χ2v) is 8.34. The van der Waals surface area contributed by atoms with Gasteiger partial charge in [0.2, 0.25) is 11.8 Å². The number of nitrogens with zero attached hydrogens (tertiary/aromatic N) is 4. The first-order valence-corrected chi connectivity index (χ1v) is 11.3. The highest BCUT2D eigenvalue weighted by Crippen LogP contribution is 2.33. The standard InChI is InChI=1S/C25H24F2N4O3/c26-20-9-8-18(14-21(20)27)34-23-19-15-31(25(32)33-16-17-6-2-1-3-7-17)13-10-22(19)28-24(29-23)30-11-4-5-12-30/h1-3,6-9,14H,4-5,10-13,15-16H2. The molecule has 2 aliphatic heterocycles. The molecule has 1 saturated heterocycles. The van der Waals surface area contributed by atoms with Crippen molar-refractivity contribution in [1.82, 2.24) is 14.9 Å². The Bertz CT molecular complexity index is 1190. The zero-order valence-corrected chi connectivity index (χ0v) is 18.5. The van der Waals surface area contributed by atoms with Crippen LogP contribution in [-0.4, -0.2) is 40.6 Å². The molecule has 176 valence electrons. The fourth-order valence-corrected chi connectivity index (χ4v) is 4.13. The number of amides is 1. The van der Waals surface area contributed by atoms with Crippen molar-refractivity contribution < 1.29 is 23.0 Å². The highest BCUT2D eigenvalue weighted by molar-refractivity contribution is 5.68. The number of benzene rings is 2. The van der Waals surface area contributed by atoms with E-state index in [1.54, 1.807) is 4.90 Å². The van der Waals surface area contributed by atoms with Gasteiger partial charge in [0.1, 0.15) is 12.4 Å². The van der Waals surface area contributed by atoms with Gasteiger partial charge in [0.15, 0.2) is 11.6 Å². The van der Waals surface area contributed by atoms with Crippen LogP contribution in [0.25, 0.3) is 0 Å². The third kappa shape index (κ3) is 4.78. The first-order valence-electron chi connectivity index (χ1n) is 11.3. The average Bonchev–Trinajstić information content (AvgIpc) is 3.40. The molecule has 0 saturated carbocycles. The lowest BCUT2D eigenvalue weighted by molar-refractivity contribution is 0.0912. The second kappa shape index (κ2) is 9.62. The topological polar surface area (TPSA) is 67.8 Å². The van der Waals surface area contributed by atoms with E-state index in [-0.39, 0.29) is 24.8 Å². The lowest BCUT2D eigenvalue weighted by atomic mass is 10.1. The summed E-state index contributed by atoms with van der Waals surface area (Å²) in [5.41, 5.74) is 2.31. The zero-order chi connectivity index (χ0) is 23.5. The SMILES string of the molecule is O=C(OCc1ccccc1)N1CCc2nc(N3CCCC3)nc(Oc3ccc(F)c(F)c3)c2C1. The molecule has 5 rings (SSSR count). The molecule has 1 fully saturated rings. The molecule has 34 heavy (non-hydrogen) atoms. The molecule has 1 amide bonds. The summed E-state index contributed by atoms with van der Waals surface area (Å²) in [6.07, 6.45) is 2.17. The number of hydrogen-bond donors (Lipinski definition) is 0. The highest BCUT2D eigenvalue weighted by atomic mass is 19.2. The maximum atomic E-state index is 13.8. The highest BCUT2D eigenvalue weighted by Gasteiger charge is 2.29. The van der Waals surface area contributed by atoms with Crippen LogP contribution < -0.4 is 9.64 Å². The Hall–Kier alpha value is -3.75. The van der Waals surface area contributed by atoms with Crippen LogP contribution in [0.15, 0.2) is 48.5 Å². The molecule has 3 aromatic rings. The van der Waals surface area contributed by atoms with Crippen LogP contribution in [0.2, 0.25) is 0 Å². The van der Waals surface area contributed by atoms with Crippen LogP contribution in [0.4, 0.5) is 19.5 Å². The molecule has 0 aliphatic carbocycles. The number of ether oxygens (including phenoxy) is 2. The molecule has 7 nitrogen and oxygen atoms in total. The smallest absolute Gasteiger partial charge is 0.410 e. The Morgan fingerprint density at radius 3 is 2.53 bits per heavy atom. The number of halogens is 2. The minimum atomic E-state index is -1.01. The van der Waals surface area contributed by atoms with Crippen molar-refractivity contribution in [3.8, 4) is 11.6 Å². The predicted octanol–water partition coefficient (Wildman–Crippen LogP) is 4.84. The maximum Gasteiger partial charge on any atom is 0.410 e. The molecule has 0 spiro atoms. The summed E-state index contributed by atoms with van der Waals surface area (Å²) in [5.74, 6) is -1.06. The van der Waals surface area contributed by atoms with Gasteiger partial charge < -0.3 is 19.3 Å². The quantitative estimate of drug-likeness (QED) is 0.536. The summed E-state index contributed by atoms with van der Waals surface area (Å²) in [6, 6.07) is 12.8. The van der Waals surface area contributed by atoms with Crippen LogP contribution in [-0.2, 0) is 24.3 Å². The zero-order valence-electron chi connectivity index (χ0n) is 18.5. The molecule has 0 N–H and O–H groups in total. The molecule has 9 heteroatoms. The predicted molar refractivity (Wildman–Crippen MR) is 121 cm³/mol. The fraction of sp³-hybridized carbons (Fsp3) is 0.320. The van der Waals surface area contributed by atoms with Crippen LogP contribution >= 0.6 is 0 Å². The van der Waals surface area contributed by atoms with E-state index in [2.05, 4.69) is 9.88 Å². The molecule has 2 aromatic carbocycles. The van der Waals surface area contributed by atoms with E-state index in [0.717, 1.165) is 49.3 Å². The van der Waals surface area contributed by atoms with E-state index < -0.39 is 17.7 Å². The average molecular weight is 466 g/mol. The fourth-order valence-electron chi connectivity index (χ4n) is 4.13. The minimum Gasteiger partial charge on any atom is -0.445 e. The number of hydrogen-bond acceptors (Lipinski definition) is 6. The van der Waals surface area contributed by atoms with Crippen molar-refractivity contribution in [3.63, 3.8) is 0 Å². The molecule has 2 aliphatic rings. The number of carbonyl (C=O) groups excluding carboxylic acids is 1. The Kier molecular flexibility index (Phi) is 6.24. The third-order valence-corrected chi connectivity index (χ3v) is 5.97. The van der Waals surface area contributed by atoms with Gasteiger partial charge in [-0.05, 0) is 30.5 Å². The molecule has 0 atom stereocenters. The van der Waals surface area contributed by atoms with Crippen LogP contribution in [0, 0.1) is 11.6 Å². The normalized spacial score (nSPS) is 15.2. The van der Waals surface area contributed by atoms with E-state index in [1.165, 1.54) is 6.07 Å². The van der Waals surface area contributed by atoms with Crippen molar-refractivity contribution in [1.29, 1.82) is 0 Å². The van der Waals surface area contributed by atoms with E-state index in [9.17, 15) is 13.6 Å². The maximum absolute atomic E-state index is 13.8. The number of carbonyl (C=O) groups is 1. The molecular weight excluding hydrogens is 442 g/mol. The van der Waals surface area contributed by atoms with Gasteiger partial charge in [0.05, 0.1) is 17.8 Å². The Morgan fingerprint density at radius 2 is 1.76 bits per heavy atom. The van der Waals surface area contributed by atoms with Gasteiger partial charge in [-0.3, -0.25) is 0 Å². The third-order valence-electron chi connectivity index (χ3n) is 5.97. The number of aromatic nitrogens is 2. The Morgan fingerprint density at radius 1 is 0.971 bits per heavy atom. The summed E-state index contributed by atoms with van der Waals surface area (Å²) in [5, 5.41) is 0. The van der Waals surface area contributed by atoms with Crippen molar-refractivity contribution in [2.45, 2.75) is 32.4 Å². The van der Waals surface area contributed by atoms with Gasteiger partial charge in [0, 0.05) is 32.1 Å². The summed E-state index contributed by atoms with van der Waals surface area (Å²) in [7, 11) is 0. The second-order valence-electron chi connectivity index (χ2n) is 8.34. The first-order chi connectivity index (χ1) is 16.6. The van der Waals surface area contributed by atoms with E-state index in [1.807, 2.05) is 30.3 Å². The van der Waals surface area contributed by atoms with E-state index >= 15 is 0 Å². The number of fused-ring (bicyclic) bond motifs is 1. The molecule has 1 aromatic heterocycles. The molecule has 0 radical (unpaired) electrons. The summed E-state index contributed by atoms with van der Waals surface area (Å²) >= 11 is 0. The Labute approximate surface area is 195 Å². The lowest BCUT2D eigenvalue weighted by Crippen LogP contribution is -2.37. The van der Waals surface area contributed by atoms with Crippen molar-refractivity contribution in [3.05, 3.63) is 77.0 Å². The van der Waals surface area contributed by atoms with Crippen molar-refractivity contribution in [2.75, 3.05) is 24.5 Å². The molecule has 3 heterocycles. The monoisotopic (exact) mass is 466 g/mol. The van der Waals surface area contributed by atoms with Crippen molar-refractivity contribution in [2.24, 2.45) is 0 Å². The van der Waals surface area contributed by atoms with E-state index in [4.69, 9.17) is 14.5 Å². The molecule has 0 unspecified atom stereocenters. The largest absolute Gasteiger partial charge is 0.445 e. The van der Waals surface area contributed by atoms with E-state index in [0.29, 0.717) is 24.5 Å². The number of rotatable bonds is 5. The molecular formula is C25H24F2N4O3. The lowest BCUT2D eigenvalue weighted by Gasteiger charge is -2.29. The van der Waals surface area contributed by atoms with Crippen molar-refractivity contribution >= 4 is 12.0 Å². The molecule has 0 bridgehead atoms. The van der Waals surface area contributed by atoms with Crippen LogP contribution in [0.5, 0.6) is 11.6 Å². The van der Waals surface area contributed by atoms with Crippen LogP contribution in [0.1, 0.15) is 29.7 Å². The van der Waals surface area contributed by atoms with Gasteiger partial charge in [-0.1, -0.05) is 30.3 Å². The summed E-state index contributed by atoms with van der Waals surface area (Å²) in [6.45, 7) is 2.51. The van der Waals surface area contributed by atoms with Gasteiger partial charge in [-0.2, -0.15) is 4.98 Å². The van der Waals surface area contributed by atoms with Gasteiger partial charge in [-0.15, -0.1) is 0 Å². The van der Waals surface area contributed by atoms with Gasteiger partial charge in [-0.25, -0.2) is 18.6 Å². The van der Waals surface area contributed by atoms with Crippen LogP contribution in [0.3, 0.4) is 0 Å².